The van der Waals surface area contributed by atoms with Crippen LogP contribution in [0.2, 0.25) is 0 Å². The monoisotopic (exact) mass is 139 g/mol. The number of rotatable bonds is 0. The number of hydrogen-bond acceptors (Lipinski definition) is 2. The largest absolute Gasteiger partial charge is 0.457 e. The van der Waals surface area contributed by atoms with E-state index in [4.69, 9.17) is 5.73 Å². The fraction of sp³-hybridized carbons (Fsp3) is 0.875. The summed E-state index contributed by atoms with van der Waals surface area (Å²) in [6, 6.07) is 0. The minimum atomic E-state index is 0.141. The molecule has 0 radical (unpaired) electrons. The third kappa shape index (κ3) is 0.789. The van der Waals surface area contributed by atoms with Gasteiger partial charge >= 0.3 is 0 Å². The SMILES string of the molecule is [CH2-]N1C[C@@H]2CCC[C@]2(N)C1. The summed E-state index contributed by atoms with van der Waals surface area (Å²) in [5.74, 6) is 0.741. The van der Waals surface area contributed by atoms with Crippen molar-refractivity contribution in [2.24, 2.45) is 11.7 Å². The highest BCUT2D eigenvalue weighted by Crippen LogP contribution is 2.38. The van der Waals surface area contributed by atoms with Crippen molar-refractivity contribution in [2.75, 3.05) is 13.1 Å². The first-order valence-electron chi connectivity index (χ1n) is 4.05. The molecule has 58 valence electrons. The number of likely N-dealkylation sites (tertiary alicyclic amines) is 1. The first-order chi connectivity index (χ1) is 4.71. The molecule has 1 heterocycles. The van der Waals surface area contributed by atoms with E-state index in [-0.39, 0.29) is 5.54 Å². The standard InChI is InChI=1S/C8H15N2/c1-10-5-7-3-2-4-8(7,9)6-10/h7H,1-6,9H2/q-1/t7-,8-/m0/s1. The van der Waals surface area contributed by atoms with E-state index in [2.05, 4.69) is 11.9 Å². The minimum absolute atomic E-state index is 0.141. The van der Waals surface area contributed by atoms with Gasteiger partial charge < -0.3 is 10.6 Å². The van der Waals surface area contributed by atoms with E-state index in [1.165, 1.54) is 19.3 Å². The second kappa shape index (κ2) is 1.95. The summed E-state index contributed by atoms with van der Waals surface area (Å²) >= 11 is 0. The fourth-order valence-electron chi connectivity index (χ4n) is 2.44. The average molecular weight is 139 g/mol. The maximum absolute atomic E-state index is 6.17. The molecule has 0 unspecified atom stereocenters. The quantitative estimate of drug-likeness (QED) is 0.498. The molecule has 2 N–H and O–H groups in total. The molecule has 1 aliphatic carbocycles. The van der Waals surface area contributed by atoms with E-state index in [1.54, 1.807) is 0 Å². The molecule has 0 aromatic carbocycles. The maximum Gasteiger partial charge on any atom is 0.0299 e. The van der Waals surface area contributed by atoms with Crippen molar-refractivity contribution in [3.63, 3.8) is 0 Å². The lowest BCUT2D eigenvalue weighted by Gasteiger charge is -2.24. The van der Waals surface area contributed by atoms with Crippen molar-refractivity contribution in [2.45, 2.75) is 24.8 Å². The molecule has 0 bridgehead atoms. The van der Waals surface area contributed by atoms with Crippen LogP contribution in [0.5, 0.6) is 0 Å². The molecule has 2 rings (SSSR count). The number of fused-ring (bicyclic) bond motifs is 1. The van der Waals surface area contributed by atoms with Crippen LogP contribution in [0.15, 0.2) is 0 Å². The predicted octanol–water partition coefficient (Wildman–Crippen LogP) is 0.591. The van der Waals surface area contributed by atoms with Gasteiger partial charge in [-0.15, -0.1) is 0 Å². The smallest absolute Gasteiger partial charge is 0.0299 e. The molecule has 1 saturated heterocycles. The summed E-state index contributed by atoms with van der Waals surface area (Å²) < 4.78 is 0. The summed E-state index contributed by atoms with van der Waals surface area (Å²) in [4.78, 5) is 2.11. The van der Waals surface area contributed by atoms with Crippen LogP contribution in [0.4, 0.5) is 0 Å². The molecule has 2 atom stereocenters. The van der Waals surface area contributed by atoms with Crippen LogP contribution in [0.25, 0.3) is 0 Å². The van der Waals surface area contributed by atoms with Gasteiger partial charge in [0.25, 0.3) is 0 Å². The van der Waals surface area contributed by atoms with Gasteiger partial charge in [-0.3, -0.25) is 7.05 Å². The van der Waals surface area contributed by atoms with E-state index in [0.29, 0.717) is 0 Å². The Morgan fingerprint density at radius 1 is 1.60 bits per heavy atom. The van der Waals surface area contributed by atoms with Crippen molar-refractivity contribution < 1.29 is 0 Å². The predicted molar refractivity (Wildman–Crippen MR) is 41.2 cm³/mol. The molecule has 0 aromatic rings. The summed E-state index contributed by atoms with van der Waals surface area (Å²) in [5.41, 5.74) is 6.31. The van der Waals surface area contributed by atoms with Gasteiger partial charge in [0.1, 0.15) is 0 Å². The van der Waals surface area contributed by atoms with Gasteiger partial charge in [0.2, 0.25) is 0 Å². The first-order valence-corrected chi connectivity index (χ1v) is 4.05. The zero-order valence-electron chi connectivity index (χ0n) is 6.34. The Hall–Kier alpha value is -0.0800. The second-order valence-electron chi connectivity index (χ2n) is 3.83. The van der Waals surface area contributed by atoms with Gasteiger partial charge in [-0.2, -0.15) is 0 Å². The molecule has 1 aliphatic heterocycles. The molecule has 2 heteroatoms. The van der Waals surface area contributed by atoms with Gasteiger partial charge in [-0.05, 0) is 31.8 Å². The third-order valence-electron chi connectivity index (χ3n) is 3.00. The second-order valence-corrected chi connectivity index (χ2v) is 3.83. The van der Waals surface area contributed by atoms with Gasteiger partial charge in [0.15, 0.2) is 0 Å². The lowest BCUT2D eigenvalue weighted by Crippen LogP contribution is -2.43. The van der Waals surface area contributed by atoms with E-state index < -0.39 is 0 Å². The first kappa shape index (κ1) is 6.62. The van der Waals surface area contributed by atoms with Crippen LogP contribution in [0.1, 0.15) is 19.3 Å². The molecule has 2 fully saturated rings. The van der Waals surface area contributed by atoms with Gasteiger partial charge in [0.05, 0.1) is 0 Å². The van der Waals surface area contributed by atoms with Gasteiger partial charge in [-0.1, -0.05) is 6.42 Å². The summed E-state index contributed by atoms with van der Waals surface area (Å²) in [7, 11) is 3.92. The maximum atomic E-state index is 6.17. The Morgan fingerprint density at radius 3 is 3.10 bits per heavy atom. The normalized spacial score (nSPS) is 48.0. The highest BCUT2D eigenvalue weighted by atomic mass is 15.2. The Labute approximate surface area is 62.4 Å². The van der Waals surface area contributed by atoms with Crippen LogP contribution < -0.4 is 5.73 Å². The summed E-state index contributed by atoms with van der Waals surface area (Å²) in [5, 5.41) is 0. The molecule has 2 aliphatic rings. The number of hydrogen-bond donors (Lipinski definition) is 1. The molecule has 2 nitrogen and oxygen atoms in total. The number of nitrogens with zero attached hydrogens (tertiary/aromatic N) is 1. The van der Waals surface area contributed by atoms with Crippen LogP contribution in [0, 0.1) is 13.0 Å². The molecule has 0 aromatic heterocycles. The summed E-state index contributed by atoms with van der Waals surface area (Å²) in [6.07, 6.45) is 3.86. The summed E-state index contributed by atoms with van der Waals surface area (Å²) in [6.45, 7) is 2.13. The highest BCUT2D eigenvalue weighted by Gasteiger charge is 2.43. The average Bonchev–Trinajstić information content (AvgIpc) is 2.20. The molecule has 10 heavy (non-hydrogen) atoms. The van der Waals surface area contributed by atoms with Gasteiger partial charge in [0, 0.05) is 5.54 Å². The van der Waals surface area contributed by atoms with Crippen LogP contribution in [-0.4, -0.2) is 23.5 Å². The minimum Gasteiger partial charge on any atom is -0.457 e. The number of nitrogens with two attached hydrogens (primary N) is 1. The van der Waals surface area contributed by atoms with Crippen molar-refractivity contribution in [1.82, 2.24) is 4.90 Å². The van der Waals surface area contributed by atoms with Crippen LogP contribution in [0.3, 0.4) is 0 Å². The lowest BCUT2D eigenvalue weighted by atomic mass is 9.92. The zero-order chi connectivity index (χ0) is 7.19. The van der Waals surface area contributed by atoms with Crippen molar-refractivity contribution in [3.8, 4) is 0 Å². The van der Waals surface area contributed by atoms with Crippen LogP contribution >= 0.6 is 0 Å². The van der Waals surface area contributed by atoms with Crippen molar-refractivity contribution in [1.29, 1.82) is 0 Å². The lowest BCUT2D eigenvalue weighted by molar-refractivity contribution is 0.382. The molecule has 0 spiro atoms. The van der Waals surface area contributed by atoms with Crippen molar-refractivity contribution in [3.05, 3.63) is 7.05 Å². The van der Waals surface area contributed by atoms with E-state index >= 15 is 0 Å². The Kier molecular flexibility index (Phi) is 1.29. The van der Waals surface area contributed by atoms with E-state index in [9.17, 15) is 0 Å². The topological polar surface area (TPSA) is 29.3 Å². The van der Waals surface area contributed by atoms with Crippen molar-refractivity contribution >= 4 is 0 Å². The molecule has 0 amide bonds. The Balaban J connectivity index is 2.15. The molecule has 1 saturated carbocycles. The Morgan fingerprint density at radius 2 is 2.40 bits per heavy atom. The van der Waals surface area contributed by atoms with E-state index in [0.717, 1.165) is 19.0 Å². The van der Waals surface area contributed by atoms with Gasteiger partial charge in [-0.25, -0.2) is 0 Å². The highest BCUT2D eigenvalue weighted by molar-refractivity contribution is 5.04. The molecular weight excluding hydrogens is 124 g/mol. The zero-order valence-corrected chi connectivity index (χ0v) is 6.34. The Bertz CT molecular complexity index is 146. The fourth-order valence-corrected chi connectivity index (χ4v) is 2.44. The van der Waals surface area contributed by atoms with Crippen LogP contribution in [-0.2, 0) is 0 Å². The third-order valence-corrected chi connectivity index (χ3v) is 3.00. The molecular formula is C8H15N2-. The van der Waals surface area contributed by atoms with E-state index in [1.807, 2.05) is 0 Å².